The van der Waals surface area contributed by atoms with Gasteiger partial charge in [-0.3, -0.25) is 9.78 Å². The molecule has 1 aromatic heterocycles. The van der Waals surface area contributed by atoms with Crippen LogP contribution in [0.25, 0.3) is 10.8 Å². The van der Waals surface area contributed by atoms with Crippen LogP contribution in [0.5, 0.6) is 5.75 Å². The third-order valence-electron chi connectivity index (χ3n) is 2.25. The predicted molar refractivity (Wildman–Crippen MR) is 61.0 cm³/mol. The van der Waals surface area contributed by atoms with Crippen LogP contribution in [0.1, 0.15) is 6.42 Å². The highest BCUT2D eigenvalue weighted by Gasteiger charge is 2.02. The monoisotopic (exact) mass is 216 g/mol. The van der Waals surface area contributed by atoms with E-state index < -0.39 is 0 Å². The molecule has 0 atom stereocenters. The van der Waals surface area contributed by atoms with E-state index in [1.807, 2.05) is 24.3 Å². The molecule has 4 heteroatoms. The zero-order valence-electron chi connectivity index (χ0n) is 8.72. The summed E-state index contributed by atoms with van der Waals surface area (Å²) < 4.78 is 5.50. The molecule has 0 fully saturated rings. The fourth-order valence-corrected chi connectivity index (χ4v) is 1.48. The van der Waals surface area contributed by atoms with Crippen molar-refractivity contribution in [2.75, 3.05) is 6.61 Å². The van der Waals surface area contributed by atoms with Crippen molar-refractivity contribution in [1.29, 1.82) is 0 Å². The molecule has 1 heterocycles. The molecule has 0 bridgehead atoms. The lowest BCUT2D eigenvalue weighted by atomic mass is 10.1. The fourth-order valence-electron chi connectivity index (χ4n) is 1.48. The number of carbonyl (C=O) groups is 1. The Labute approximate surface area is 93.0 Å². The quantitative estimate of drug-likeness (QED) is 0.842. The van der Waals surface area contributed by atoms with Gasteiger partial charge < -0.3 is 10.5 Å². The van der Waals surface area contributed by atoms with Crippen LogP contribution in [-0.2, 0) is 4.79 Å². The molecule has 2 N–H and O–H groups in total. The second-order valence-corrected chi connectivity index (χ2v) is 3.42. The van der Waals surface area contributed by atoms with E-state index in [0.29, 0.717) is 6.61 Å². The van der Waals surface area contributed by atoms with Gasteiger partial charge in [0.15, 0.2) is 0 Å². The van der Waals surface area contributed by atoms with Crippen LogP contribution >= 0.6 is 0 Å². The Morgan fingerprint density at radius 3 is 3.06 bits per heavy atom. The van der Waals surface area contributed by atoms with Crippen LogP contribution < -0.4 is 10.5 Å². The van der Waals surface area contributed by atoms with Crippen molar-refractivity contribution >= 4 is 16.7 Å². The molecule has 16 heavy (non-hydrogen) atoms. The molecule has 0 saturated heterocycles. The molecule has 2 aromatic rings. The summed E-state index contributed by atoms with van der Waals surface area (Å²) in [6, 6.07) is 7.60. The Balaban J connectivity index is 2.20. The molecule has 0 aliphatic rings. The first-order valence-corrected chi connectivity index (χ1v) is 5.01. The predicted octanol–water partition coefficient (Wildman–Crippen LogP) is 1.49. The number of ether oxygens (including phenoxy) is 1. The van der Waals surface area contributed by atoms with Gasteiger partial charge in [-0.15, -0.1) is 0 Å². The smallest absolute Gasteiger partial charge is 0.220 e. The molecule has 0 radical (unpaired) electrons. The van der Waals surface area contributed by atoms with Gasteiger partial charge in [0.2, 0.25) is 5.91 Å². The summed E-state index contributed by atoms with van der Waals surface area (Å²) in [5, 5.41) is 2.00. The number of primary amides is 1. The van der Waals surface area contributed by atoms with Crippen molar-refractivity contribution < 1.29 is 9.53 Å². The first-order chi connectivity index (χ1) is 7.77. The Hall–Kier alpha value is -2.10. The lowest BCUT2D eigenvalue weighted by Gasteiger charge is -2.07. The highest BCUT2D eigenvalue weighted by molar-refractivity contribution is 5.87. The topological polar surface area (TPSA) is 65.2 Å². The zero-order valence-corrected chi connectivity index (χ0v) is 8.72. The zero-order chi connectivity index (χ0) is 11.4. The molecule has 1 aromatic carbocycles. The summed E-state index contributed by atoms with van der Waals surface area (Å²) in [4.78, 5) is 14.6. The number of aromatic nitrogens is 1. The maximum atomic E-state index is 10.6. The van der Waals surface area contributed by atoms with Crippen molar-refractivity contribution in [3.05, 3.63) is 36.7 Å². The van der Waals surface area contributed by atoms with Gasteiger partial charge in [0.25, 0.3) is 0 Å². The molecule has 0 spiro atoms. The van der Waals surface area contributed by atoms with Gasteiger partial charge in [0.1, 0.15) is 5.75 Å². The van der Waals surface area contributed by atoms with Crippen molar-refractivity contribution in [3.8, 4) is 5.75 Å². The number of benzene rings is 1. The van der Waals surface area contributed by atoms with Gasteiger partial charge >= 0.3 is 0 Å². The number of pyridine rings is 1. The first kappa shape index (κ1) is 10.4. The number of carbonyl (C=O) groups excluding carboxylic acids is 1. The van der Waals surface area contributed by atoms with Crippen LogP contribution in [0, 0.1) is 0 Å². The maximum Gasteiger partial charge on any atom is 0.220 e. The molecule has 0 aliphatic carbocycles. The highest BCUT2D eigenvalue weighted by Crippen LogP contribution is 2.24. The summed E-state index contributed by atoms with van der Waals surface area (Å²) in [7, 11) is 0. The molecular weight excluding hydrogens is 204 g/mol. The minimum absolute atomic E-state index is 0.224. The van der Waals surface area contributed by atoms with E-state index in [0.717, 1.165) is 16.5 Å². The normalized spacial score (nSPS) is 10.2. The Morgan fingerprint density at radius 1 is 1.38 bits per heavy atom. The number of fused-ring (bicyclic) bond motifs is 1. The standard InChI is InChI=1S/C12H12N2O2/c13-12(15)5-7-16-11-3-1-2-9-8-14-6-4-10(9)11/h1-4,6,8H,5,7H2,(H2,13,15). The molecular formula is C12H12N2O2. The molecule has 4 nitrogen and oxygen atoms in total. The molecule has 0 unspecified atom stereocenters. The number of rotatable bonds is 4. The number of amides is 1. The molecule has 2 rings (SSSR count). The van der Waals surface area contributed by atoms with Gasteiger partial charge in [-0.2, -0.15) is 0 Å². The van der Waals surface area contributed by atoms with Crippen LogP contribution in [-0.4, -0.2) is 17.5 Å². The largest absolute Gasteiger partial charge is 0.492 e. The third kappa shape index (κ3) is 2.28. The van der Waals surface area contributed by atoms with Crippen molar-refractivity contribution in [1.82, 2.24) is 4.98 Å². The second-order valence-electron chi connectivity index (χ2n) is 3.42. The molecule has 1 amide bonds. The second kappa shape index (κ2) is 4.61. The average molecular weight is 216 g/mol. The van der Waals surface area contributed by atoms with Gasteiger partial charge in [-0.05, 0) is 12.1 Å². The summed E-state index contributed by atoms with van der Waals surface area (Å²) in [6.07, 6.45) is 3.71. The van der Waals surface area contributed by atoms with Gasteiger partial charge in [0, 0.05) is 23.2 Å². The first-order valence-electron chi connectivity index (χ1n) is 5.01. The Morgan fingerprint density at radius 2 is 2.25 bits per heavy atom. The third-order valence-corrected chi connectivity index (χ3v) is 2.25. The Kier molecular flexibility index (Phi) is 3.00. The van der Waals surface area contributed by atoms with E-state index in [1.165, 1.54) is 0 Å². The molecule has 0 aliphatic heterocycles. The summed E-state index contributed by atoms with van der Waals surface area (Å²) in [5.41, 5.74) is 5.04. The molecule has 0 saturated carbocycles. The lowest BCUT2D eigenvalue weighted by molar-refractivity contribution is -0.118. The summed E-state index contributed by atoms with van der Waals surface area (Å²) in [5.74, 6) is 0.392. The van der Waals surface area contributed by atoms with E-state index in [4.69, 9.17) is 10.5 Å². The van der Waals surface area contributed by atoms with Crippen LogP contribution in [0.15, 0.2) is 36.7 Å². The van der Waals surface area contributed by atoms with E-state index in [1.54, 1.807) is 12.4 Å². The van der Waals surface area contributed by atoms with Crippen molar-refractivity contribution in [2.45, 2.75) is 6.42 Å². The van der Waals surface area contributed by atoms with Crippen molar-refractivity contribution in [2.24, 2.45) is 5.73 Å². The summed E-state index contributed by atoms with van der Waals surface area (Å²) in [6.45, 7) is 0.302. The molecule has 82 valence electrons. The van der Waals surface area contributed by atoms with Gasteiger partial charge in [0.05, 0.1) is 13.0 Å². The fraction of sp³-hybridized carbons (Fsp3) is 0.167. The summed E-state index contributed by atoms with van der Waals surface area (Å²) >= 11 is 0. The van der Waals surface area contributed by atoms with E-state index in [-0.39, 0.29) is 12.3 Å². The Bertz CT molecular complexity index is 506. The van der Waals surface area contributed by atoms with Crippen LogP contribution in [0.4, 0.5) is 0 Å². The van der Waals surface area contributed by atoms with E-state index in [9.17, 15) is 4.79 Å². The van der Waals surface area contributed by atoms with Crippen molar-refractivity contribution in [3.63, 3.8) is 0 Å². The van der Waals surface area contributed by atoms with E-state index >= 15 is 0 Å². The van der Waals surface area contributed by atoms with Crippen LogP contribution in [0.2, 0.25) is 0 Å². The maximum absolute atomic E-state index is 10.6. The number of hydrogen-bond acceptors (Lipinski definition) is 3. The number of hydrogen-bond donors (Lipinski definition) is 1. The highest BCUT2D eigenvalue weighted by atomic mass is 16.5. The van der Waals surface area contributed by atoms with Crippen LogP contribution in [0.3, 0.4) is 0 Å². The lowest BCUT2D eigenvalue weighted by Crippen LogP contribution is -2.14. The SMILES string of the molecule is NC(=O)CCOc1cccc2cnccc12. The van der Waals surface area contributed by atoms with Gasteiger partial charge in [-0.1, -0.05) is 12.1 Å². The number of nitrogens with two attached hydrogens (primary N) is 1. The average Bonchev–Trinajstić information content (AvgIpc) is 2.29. The minimum Gasteiger partial charge on any atom is -0.492 e. The minimum atomic E-state index is -0.359. The van der Waals surface area contributed by atoms with E-state index in [2.05, 4.69) is 4.98 Å². The number of nitrogens with zero attached hydrogens (tertiary/aromatic N) is 1. The van der Waals surface area contributed by atoms with Gasteiger partial charge in [-0.25, -0.2) is 0 Å².